The molecule has 0 aromatic heterocycles. The molecule has 0 spiro atoms. The lowest BCUT2D eigenvalue weighted by molar-refractivity contribution is -0.127. The molecule has 1 saturated carbocycles. The van der Waals surface area contributed by atoms with Crippen molar-refractivity contribution in [2.45, 2.75) is 51.0 Å². The second kappa shape index (κ2) is 8.53. The average molecular weight is 379 g/mol. The number of hydrogen-bond donors (Lipinski definition) is 1. The fourth-order valence-corrected chi connectivity index (χ4v) is 5.24. The van der Waals surface area contributed by atoms with Gasteiger partial charge in [-0.1, -0.05) is 49.6 Å². The minimum Gasteiger partial charge on any atom is -0.349 e. The molecule has 2 atom stereocenters. The predicted octanol–water partition coefficient (Wildman–Crippen LogP) is 3.10. The van der Waals surface area contributed by atoms with E-state index in [1.807, 2.05) is 18.2 Å². The Morgan fingerprint density at radius 3 is 2.42 bits per heavy atom. The quantitative estimate of drug-likeness (QED) is 0.856. The van der Waals surface area contributed by atoms with Gasteiger partial charge in [-0.2, -0.15) is 0 Å². The van der Waals surface area contributed by atoms with E-state index in [1.165, 1.54) is 29.8 Å². The molecule has 6 heteroatoms. The van der Waals surface area contributed by atoms with Gasteiger partial charge in [-0.05, 0) is 37.2 Å². The summed E-state index contributed by atoms with van der Waals surface area (Å²) in [5, 5.41) is 3.28. The van der Waals surface area contributed by atoms with Crippen molar-refractivity contribution in [3.05, 3.63) is 35.9 Å². The Morgan fingerprint density at radius 1 is 1.08 bits per heavy atom. The van der Waals surface area contributed by atoms with Crippen molar-refractivity contribution in [1.29, 1.82) is 0 Å². The number of piperidine rings is 1. The maximum absolute atomic E-state index is 13.0. The number of carbonyl (C=O) groups excluding carboxylic acids is 1. The number of nitrogens with zero attached hydrogens (tertiary/aromatic N) is 1. The van der Waals surface area contributed by atoms with E-state index in [-0.39, 0.29) is 17.9 Å². The summed E-state index contributed by atoms with van der Waals surface area (Å²) >= 11 is 0. The molecule has 0 bridgehead atoms. The van der Waals surface area contributed by atoms with E-state index >= 15 is 0 Å². The summed E-state index contributed by atoms with van der Waals surface area (Å²) in [5.41, 5.74) is 1.16. The SMILES string of the molecule is CS(=O)(=O)N1CCC[C@H](C(=O)N[C@H](c2ccccc2)C2CCCCC2)C1. The summed E-state index contributed by atoms with van der Waals surface area (Å²) in [6, 6.07) is 10.2. The topological polar surface area (TPSA) is 66.5 Å². The Bertz CT molecular complexity index is 699. The molecule has 0 unspecified atom stereocenters. The van der Waals surface area contributed by atoms with Crippen molar-refractivity contribution in [3.8, 4) is 0 Å². The molecule has 1 aromatic carbocycles. The first-order valence-electron chi connectivity index (χ1n) is 9.75. The van der Waals surface area contributed by atoms with Crippen molar-refractivity contribution < 1.29 is 13.2 Å². The first kappa shape index (κ1) is 19.4. The number of nitrogens with one attached hydrogen (secondary N) is 1. The second-order valence-electron chi connectivity index (χ2n) is 7.76. The molecule has 2 aliphatic rings. The zero-order valence-corrected chi connectivity index (χ0v) is 16.4. The lowest BCUT2D eigenvalue weighted by Crippen LogP contribution is -2.46. The summed E-state index contributed by atoms with van der Waals surface area (Å²) in [5.74, 6) is 0.204. The molecule has 26 heavy (non-hydrogen) atoms. The Hall–Kier alpha value is -1.40. The lowest BCUT2D eigenvalue weighted by atomic mass is 9.81. The van der Waals surface area contributed by atoms with Crippen LogP contribution in [0.4, 0.5) is 0 Å². The smallest absolute Gasteiger partial charge is 0.224 e. The van der Waals surface area contributed by atoms with E-state index in [9.17, 15) is 13.2 Å². The highest BCUT2D eigenvalue weighted by molar-refractivity contribution is 7.88. The van der Waals surface area contributed by atoms with Gasteiger partial charge in [0.15, 0.2) is 0 Å². The molecule has 1 heterocycles. The number of sulfonamides is 1. The molecule has 1 aliphatic carbocycles. The van der Waals surface area contributed by atoms with Crippen LogP contribution in [0.2, 0.25) is 0 Å². The van der Waals surface area contributed by atoms with Gasteiger partial charge in [0.25, 0.3) is 0 Å². The molecule has 1 amide bonds. The first-order valence-corrected chi connectivity index (χ1v) is 11.6. The molecule has 5 nitrogen and oxygen atoms in total. The maximum atomic E-state index is 13.0. The number of hydrogen-bond acceptors (Lipinski definition) is 3. The third-order valence-corrected chi connectivity index (χ3v) is 7.07. The molecule has 144 valence electrons. The molecule has 1 aliphatic heterocycles. The molecule has 1 N–H and O–H groups in total. The van der Waals surface area contributed by atoms with E-state index in [2.05, 4.69) is 17.4 Å². The van der Waals surface area contributed by atoms with Crippen molar-refractivity contribution in [3.63, 3.8) is 0 Å². The first-order chi connectivity index (χ1) is 12.4. The van der Waals surface area contributed by atoms with Crippen LogP contribution in [0.3, 0.4) is 0 Å². The molecule has 1 aromatic rings. The van der Waals surface area contributed by atoms with Gasteiger partial charge in [-0.25, -0.2) is 12.7 Å². The number of carbonyl (C=O) groups is 1. The third kappa shape index (κ3) is 4.86. The summed E-state index contributed by atoms with van der Waals surface area (Å²) < 4.78 is 25.1. The number of rotatable bonds is 5. The van der Waals surface area contributed by atoms with Gasteiger partial charge >= 0.3 is 0 Å². The normalized spacial score (nSPS) is 24.1. The minimum atomic E-state index is -3.24. The lowest BCUT2D eigenvalue weighted by Gasteiger charge is -2.34. The van der Waals surface area contributed by atoms with E-state index in [0.29, 0.717) is 19.0 Å². The van der Waals surface area contributed by atoms with Gasteiger partial charge in [0.1, 0.15) is 0 Å². The zero-order chi connectivity index (χ0) is 18.6. The predicted molar refractivity (Wildman–Crippen MR) is 103 cm³/mol. The molecule has 2 fully saturated rings. The number of benzene rings is 1. The fourth-order valence-electron chi connectivity index (χ4n) is 4.33. The molecule has 1 saturated heterocycles. The fraction of sp³-hybridized carbons (Fsp3) is 0.650. The Labute approximate surface area is 157 Å². The van der Waals surface area contributed by atoms with Gasteiger partial charge in [0, 0.05) is 13.1 Å². The van der Waals surface area contributed by atoms with Crippen molar-refractivity contribution in [2.24, 2.45) is 11.8 Å². The van der Waals surface area contributed by atoms with Crippen LogP contribution in [0.15, 0.2) is 30.3 Å². The Balaban J connectivity index is 1.72. The Kier molecular flexibility index (Phi) is 6.35. The minimum absolute atomic E-state index is 0.00206. The summed E-state index contributed by atoms with van der Waals surface area (Å²) in [7, 11) is -3.24. The van der Waals surface area contributed by atoms with Crippen LogP contribution in [-0.2, 0) is 14.8 Å². The number of amides is 1. The maximum Gasteiger partial charge on any atom is 0.224 e. The molecule has 3 rings (SSSR count). The monoisotopic (exact) mass is 378 g/mol. The highest BCUT2D eigenvalue weighted by atomic mass is 32.2. The van der Waals surface area contributed by atoms with Gasteiger partial charge in [-0.15, -0.1) is 0 Å². The van der Waals surface area contributed by atoms with Crippen molar-refractivity contribution >= 4 is 15.9 Å². The largest absolute Gasteiger partial charge is 0.349 e. The highest BCUT2D eigenvalue weighted by Gasteiger charge is 2.33. The van der Waals surface area contributed by atoms with E-state index in [1.54, 1.807) is 0 Å². The molecular formula is C20H30N2O3S. The van der Waals surface area contributed by atoms with Crippen LogP contribution >= 0.6 is 0 Å². The van der Waals surface area contributed by atoms with Crippen molar-refractivity contribution in [2.75, 3.05) is 19.3 Å². The summed E-state index contributed by atoms with van der Waals surface area (Å²) in [6.45, 7) is 0.824. The van der Waals surface area contributed by atoms with Crippen molar-refractivity contribution in [1.82, 2.24) is 9.62 Å². The standard InChI is InChI=1S/C20H30N2O3S/c1-26(24,25)22-14-8-13-18(15-22)20(23)21-19(16-9-4-2-5-10-16)17-11-6-3-7-12-17/h2,4-5,9-10,17-19H,3,6-8,11-15H2,1H3,(H,21,23)/t18-,19+/m0/s1. The van der Waals surface area contributed by atoms with Crippen LogP contribution in [0.5, 0.6) is 0 Å². The summed E-state index contributed by atoms with van der Waals surface area (Å²) in [6.07, 6.45) is 8.71. The third-order valence-electron chi connectivity index (χ3n) is 5.80. The zero-order valence-electron chi connectivity index (χ0n) is 15.6. The van der Waals surface area contributed by atoms with E-state index < -0.39 is 10.0 Å². The van der Waals surface area contributed by atoms with E-state index in [4.69, 9.17) is 0 Å². The van der Waals surface area contributed by atoms with Gasteiger partial charge in [0.2, 0.25) is 15.9 Å². The van der Waals surface area contributed by atoms with Crippen LogP contribution in [0, 0.1) is 11.8 Å². The molecule has 0 radical (unpaired) electrons. The Morgan fingerprint density at radius 2 is 1.77 bits per heavy atom. The molecular weight excluding hydrogens is 348 g/mol. The van der Waals surface area contributed by atoms with E-state index in [0.717, 1.165) is 31.2 Å². The van der Waals surface area contributed by atoms with Crippen LogP contribution < -0.4 is 5.32 Å². The summed E-state index contributed by atoms with van der Waals surface area (Å²) in [4.78, 5) is 13.0. The second-order valence-corrected chi connectivity index (χ2v) is 9.74. The van der Waals surface area contributed by atoms with Crippen LogP contribution in [0.25, 0.3) is 0 Å². The highest BCUT2D eigenvalue weighted by Crippen LogP contribution is 2.35. The average Bonchev–Trinajstić information content (AvgIpc) is 2.67. The van der Waals surface area contributed by atoms with Crippen LogP contribution in [0.1, 0.15) is 56.6 Å². The van der Waals surface area contributed by atoms with Crippen LogP contribution in [-0.4, -0.2) is 38.0 Å². The van der Waals surface area contributed by atoms with Gasteiger partial charge < -0.3 is 5.32 Å². The van der Waals surface area contributed by atoms with Gasteiger partial charge in [0.05, 0.1) is 18.2 Å². The van der Waals surface area contributed by atoms with Gasteiger partial charge in [-0.3, -0.25) is 4.79 Å².